The molecule has 0 spiro atoms. The largest absolute Gasteiger partial charge is 0.489 e. The van der Waals surface area contributed by atoms with Gasteiger partial charge in [0.1, 0.15) is 11.6 Å². The van der Waals surface area contributed by atoms with Gasteiger partial charge >= 0.3 is 0 Å². The Balaban J connectivity index is 1.44. The summed E-state index contributed by atoms with van der Waals surface area (Å²) < 4.78 is 65.8. The molecule has 2 aromatic rings. The molecule has 30 heavy (non-hydrogen) atoms. The fourth-order valence-electron chi connectivity index (χ4n) is 3.62. The van der Waals surface area contributed by atoms with E-state index in [4.69, 9.17) is 21.1 Å². The zero-order valence-electron chi connectivity index (χ0n) is 16.1. The van der Waals surface area contributed by atoms with E-state index in [2.05, 4.69) is 4.90 Å². The molecule has 0 atom stereocenters. The zero-order chi connectivity index (χ0) is 21.3. The van der Waals surface area contributed by atoms with Crippen LogP contribution in [0.1, 0.15) is 12.0 Å². The molecule has 10 heteroatoms. The maximum Gasteiger partial charge on any atom is 0.249 e. The van der Waals surface area contributed by atoms with Gasteiger partial charge in [-0.3, -0.25) is 4.90 Å². The Kier molecular flexibility index (Phi) is 6.15. The Morgan fingerprint density at radius 3 is 2.37 bits per heavy atom. The number of nitrogens with zero attached hydrogens (tertiary/aromatic N) is 2. The zero-order valence-corrected chi connectivity index (χ0v) is 17.7. The van der Waals surface area contributed by atoms with Crippen LogP contribution in [-0.4, -0.2) is 57.0 Å². The maximum absolute atomic E-state index is 14.0. The Morgan fingerprint density at radius 2 is 1.67 bits per heavy atom. The summed E-state index contributed by atoms with van der Waals surface area (Å²) in [5.74, 6) is -1.02. The molecule has 0 aromatic heterocycles. The minimum Gasteiger partial charge on any atom is -0.489 e. The van der Waals surface area contributed by atoms with Crippen LogP contribution in [0.15, 0.2) is 35.2 Å². The van der Waals surface area contributed by atoms with E-state index in [1.54, 1.807) is 0 Å². The molecule has 2 aliphatic rings. The molecule has 4 rings (SSSR count). The minimum atomic E-state index is -4.24. The van der Waals surface area contributed by atoms with Crippen LogP contribution < -0.4 is 9.47 Å². The quantitative estimate of drug-likeness (QED) is 0.703. The molecule has 0 N–H and O–H groups in total. The van der Waals surface area contributed by atoms with E-state index in [0.29, 0.717) is 49.4 Å². The Hall–Kier alpha value is -1.94. The van der Waals surface area contributed by atoms with Crippen molar-refractivity contribution in [1.29, 1.82) is 0 Å². The molecule has 0 radical (unpaired) electrons. The van der Waals surface area contributed by atoms with E-state index < -0.39 is 26.6 Å². The second-order valence-electron chi connectivity index (χ2n) is 7.19. The molecule has 0 aliphatic carbocycles. The van der Waals surface area contributed by atoms with Crippen molar-refractivity contribution in [3.8, 4) is 11.5 Å². The van der Waals surface area contributed by atoms with Gasteiger partial charge < -0.3 is 9.47 Å². The van der Waals surface area contributed by atoms with Crippen molar-refractivity contribution >= 4 is 21.6 Å². The molecular formula is C20H21ClF2N2O4S. The summed E-state index contributed by atoms with van der Waals surface area (Å²) in [4.78, 5) is 1.16. The number of benzene rings is 2. The molecule has 0 bridgehead atoms. The summed E-state index contributed by atoms with van der Waals surface area (Å²) >= 11 is 6.34. The molecule has 2 heterocycles. The summed E-state index contributed by atoms with van der Waals surface area (Å²) in [6.07, 6.45) is 0.777. The topological polar surface area (TPSA) is 59.1 Å². The standard InChI is InChI=1S/C20H21ClF2N2O4S/c21-15-11-14(12-18-19(15)29-10-2-9-28-18)13-24-5-7-25(8-6-24)30(26,27)20-16(22)3-1-4-17(20)23/h1,3-4,11-12H,2,5-10,13H2. The van der Waals surface area contributed by atoms with E-state index >= 15 is 0 Å². The van der Waals surface area contributed by atoms with Crippen molar-refractivity contribution in [3.05, 3.63) is 52.6 Å². The molecule has 6 nitrogen and oxygen atoms in total. The first-order valence-electron chi connectivity index (χ1n) is 9.61. The summed E-state index contributed by atoms with van der Waals surface area (Å²) in [7, 11) is -4.24. The van der Waals surface area contributed by atoms with E-state index in [1.165, 1.54) is 0 Å². The van der Waals surface area contributed by atoms with Crippen LogP contribution in [0, 0.1) is 11.6 Å². The first-order valence-corrected chi connectivity index (χ1v) is 11.4. The van der Waals surface area contributed by atoms with Crippen LogP contribution in [0.25, 0.3) is 0 Å². The molecule has 162 valence electrons. The van der Waals surface area contributed by atoms with Gasteiger partial charge in [-0.2, -0.15) is 4.31 Å². The highest BCUT2D eigenvalue weighted by Gasteiger charge is 2.33. The molecule has 0 unspecified atom stereocenters. The average Bonchev–Trinajstić information content (AvgIpc) is 2.94. The highest BCUT2D eigenvalue weighted by molar-refractivity contribution is 7.89. The number of fused-ring (bicyclic) bond motifs is 1. The van der Waals surface area contributed by atoms with Gasteiger partial charge in [0.05, 0.1) is 18.2 Å². The number of hydrogen-bond acceptors (Lipinski definition) is 5. The van der Waals surface area contributed by atoms with Gasteiger partial charge in [0.25, 0.3) is 0 Å². The summed E-state index contributed by atoms with van der Waals surface area (Å²) in [5.41, 5.74) is 0.917. The van der Waals surface area contributed by atoms with Crippen molar-refractivity contribution in [2.75, 3.05) is 39.4 Å². The van der Waals surface area contributed by atoms with Gasteiger partial charge in [0.2, 0.25) is 10.0 Å². The van der Waals surface area contributed by atoms with E-state index in [9.17, 15) is 17.2 Å². The molecule has 2 aliphatic heterocycles. The van der Waals surface area contributed by atoms with Gasteiger partial charge in [-0.05, 0) is 29.8 Å². The van der Waals surface area contributed by atoms with E-state index in [-0.39, 0.29) is 13.1 Å². The van der Waals surface area contributed by atoms with Gasteiger partial charge in [-0.15, -0.1) is 0 Å². The fraction of sp³-hybridized carbons (Fsp3) is 0.400. The smallest absolute Gasteiger partial charge is 0.249 e. The third-order valence-electron chi connectivity index (χ3n) is 5.12. The van der Waals surface area contributed by atoms with E-state index in [0.717, 1.165) is 34.5 Å². The van der Waals surface area contributed by atoms with Crippen LogP contribution in [0.5, 0.6) is 11.5 Å². The predicted octanol–water partition coefficient (Wildman–Crippen LogP) is 3.29. The summed E-state index contributed by atoms with van der Waals surface area (Å²) in [5, 5.41) is 0.473. The third kappa shape index (κ3) is 4.25. The minimum absolute atomic E-state index is 0.133. The number of halogens is 3. The van der Waals surface area contributed by atoms with Crippen molar-refractivity contribution in [3.63, 3.8) is 0 Å². The first kappa shape index (κ1) is 21.3. The summed E-state index contributed by atoms with van der Waals surface area (Å²) in [6, 6.07) is 6.72. The van der Waals surface area contributed by atoms with Crippen LogP contribution >= 0.6 is 11.6 Å². The van der Waals surface area contributed by atoms with Crippen LogP contribution in [0.3, 0.4) is 0 Å². The molecule has 1 saturated heterocycles. The first-order chi connectivity index (χ1) is 14.4. The van der Waals surface area contributed by atoms with Gasteiger partial charge in [-0.25, -0.2) is 17.2 Å². The second-order valence-corrected chi connectivity index (χ2v) is 9.47. The lowest BCUT2D eigenvalue weighted by atomic mass is 10.1. The van der Waals surface area contributed by atoms with Crippen molar-refractivity contribution in [1.82, 2.24) is 9.21 Å². The normalized spacial score (nSPS) is 18.2. The number of sulfonamides is 1. The highest BCUT2D eigenvalue weighted by Crippen LogP contribution is 2.38. The molecule has 1 fully saturated rings. The SMILES string of the molecule is O=S(=O)(c1c(F)cccc1F)N1CCN(Cc2cc(Cl)c3c(c2)OCCCO3)CC1. The third-order valence-corrected chi connectivity index (χ3v) is 7.35. The summed E-state index contributed by atoms with van der Waals surface area (Å²) in [6.45, 7) is 2.74. The number of rotatable bonds is 4. The average molecular weight is 459 g/mol. The Labute approximate surface area is 179 Å². The van der Waals surface area contributed by atoms with Gasteiger partial charge in [0, 0.05) is 39.1 Å². The molecule has 0 saturated carbocycles. The van der Waals surface area contributed by atoms with Crippen molar-refractivity contribution in [2.24, 2.45) is 0 Å². The monoisotopic (exact) mass is 458 g/mol. The highest BCUT2D eigenvalue weighted by atomic mass is 35.5. The number of hydrogen-bond donors (Lipinski definition) is 0. The van der Waals surface area contributed by atoms with Crippen molar-refractivity contribution < 1.29 is 26.7 Å². The lowest BCUT2D eigenvalue weighted by Gasteiger charge is -2.34. The Morgan fingerprint density at radius 1 is 1.00 bits per heavy atom. The van der Waals surface area contributed by atoms with Crippen molar-refractivity contribution in [2.45, 2.75) is 17.9 Å². The number of piperazine rings is 1. The molecular weight excluding hydrogens is 438 g/mol. The predicted molar refractivity (Wildman–Crippen MR) is 107 cm³/mol. The fourth-order valence-corrected chi connectivity index (χ4v) is 5.44. The van der Waals surface area contributed by atoms with Gasteiger partial charge in [0.15, 0.2) is 16.4 Å². The molecule has 2 aromatic carbocycles. The maximum atomic E-state index is 14.0. The van der Waals surface area contributed by atoms with Crippen LogP contribution in [-0.2, 0) is 16.6 Å². The van der Waals surface area contributed by atoms with Crippen LogP contribution in [0.4, 0.5) is 8.78 Å². The van der Waals surface area contributed by atoms with E-state index in [1.807, 2.05) is 12.1 Å². The lowest BCUT2D eigenvalue weighted by molar-refractivity contribution is 0.181. The molecule has 0 amide bonds. The second kappa shape index (κ2) is 8.66. The lowest BCUT2D eigenvalue weighted by Crippen LogP contribution is -2.48. The van der Waals surface area contributed by atoms with Crippen LogP contribution in [0.2, 0.25) is 5.02 Å². The number of ether oxygens (including phenoxy) is 2. The van der Waals surface area contributed by atoms with Gasteiger partial charge in [-0.1, -0.05) is 17.7 Å². The Bertz CT molecular complexity index is 1020.